The fourth-order valence-corrected chi connectivity index (χ4v) is 1.83. The van der Waals surface area contributed by atoms with Crippen LogP contribution in [0.4, 0.5) is 0 Å². The Kier molecular flexibility index (Phi) is 2.84. The largest absolute Gasteiger partial charge is 0.393 e. The summed E-state index contributed by atoms with van der Waals surface area (Å²) in [6.07, 6.45) is 3.61. The van der Waals surface area contributed by atoms with Crippen LogP contribution in [0.15, 0.2) is 12.3 Å². The van der Waals surface area contributed by atoms with Gasteiger partial charge in [-0.15, -0.1) is 0 Å². The van der Waals surface area contributed by atoms with Gasteiger partial charge in [0, 0.05) is 12.2 Å². The van der Waals surface area contributed by atoms with Crippen LogP contribution in [0.5, 0.6) is 0 Å². The van der Waals surface area contributed by atoms with Crippen molar-refractivity contribution in [2.45, 2.75) is 31.9 Å². The first-order chi connectivity index (χ1) is 6.75. The molecule has 78 valence electrons. The van der Waals surface area contributed by atoms with Crippen LogP contribution in [0.2, 0.25) is 0 Å². The maximum absolute atomic E-state index is 9.12. The minimum Gasteiger partial charge on any atom is -0.393 e. The molecule has 14 heavy (non-hydrogen) atoms. The zero-order valence-corrected chi connectivity index (χ0v) is 8.40. The molecule has 3 N–H and O–H groups in total. The molecule has 0 amide bonds. The van der Waals surface area contributed by atoms with Crippen molar-refractivity contribution in [1.82, 2.24) is 15.5 Å². The van der Waals surface area contributed by atoms with E-state index >= 15 is 0 Å². The van der Waals surface area contributed by atoms with Gasteiger partial charge in [-0.05, 0) is 38.3 Å². The van der Waals surface area contributed by atoms with E-state index in [1.54, 1.807) is 6.20 Å². The van der Waals surface area contributed by atoms with Crippen LogP contribution in [0.1, 0.15) is 31.5 Å². The number of nitrogens with one attached hydrogen (secondary N) is 2. The van der Waals surface area contributed by atoms with Crippen LogP contribution in [0, 0.1) is 5.92 Å². The van der Waals surface area contributed by atoms with Crippen molar-refractivity contribution in [2.75, 3.05) is 6.54 Å². The molecule has 4 heteroatoms. The second kappa shape index (κ2) is 4.11. The number of aromatic amines is 1. The number of nitrogens with zero attached hydrogens (tertiary/aromatic N) is 1. The lowest BCUT2D eigenvalue weighted by Crippen LogP contribution is -2.37. The fraction of sp³-hybridized carbons (Fsp3) is 0.700. The summed E-state index contributed by atoms with van der Waals surface area (Å²) in [6.45, 7) is 3.10. The number of hydrogen-bond acceptors (Lipinski definition) is 3. The Morgan fingerprint density at radius 1 is 1.71 bits per heavy atom. The smallest absolute Gasteiger partial charge is 0.0546 e. The van der Waals surface area contributed by atoms with Crippen molar-refractivity contribution in [3.8, 4) is 0 Å². The first kappa shape index (κ1) is 9.68. The van der Waals surface area contributed by atoms with Crippen molar-refractivity contribution < 1.29 is 5.11 Å². The second-order valence-corrected chi connectivity index (χ2v) is 4.13. The Morgan fingerprint density at radius 2 is 2.50 bits per heavy atom. The molecule has 1 unspecified atom stereocenters. The molecule has 1 saturated carbocycles. The highest BCUT2D eigenvalue weighted by molar-refractivity contribution is 5.03. The van der Waals surface area contributed by atoms with Crippen molar-refractivity contribution in [1.29, 1.82) is 0 Å². The van der Waals surface area contributed by atoms with Crippen LogP contribution >= 0.6 is 0 Å². The van der Waals surface area contributed by atoms with Crippen LogP contribution < -0.4 is 5.32 Å². The van der Waals surface area contributed by atoms with Crippen LogP contribution in [-0.4, -0.2) is 28.0 Å². The Bertz CT molecular complexity index is 267. The average molecular weight is 195 g/mol. The molecule has 1 aliphatic carbocycles. The first-order valence-electron chi connectivity index (χ1n) is 5.16. The summed E-state index contributed by atoms with van der Waals surface area (Å²) in [5.74, 6) is 0.648. The molecular formula is C10H17N3O. The molecule has 0 aromatic carbocycles. The van der Waals surface area contributed by atoms with Gasteiger partial charge in [0.1, 0.15) is 0 Å². The Hall–Kier alpha value is -0.870. The predicted molar refractivity (Wildman–Crippen MR) is 53.7 cm³/mol. The van der Waals surface area contributed by atoms with Gasteiger partial charge in [0.05, 0.1) is 11.8 Å². The van der Waals surface area contributed by atoms with Gasteiger partial charge in [-0.25, -0.2) is 0 Å². The summed E-state index contributed by atoms with van der Waals surface area (Å²) < 4.78 is 0. The zero-order valence-electron chi connectivity index (χ0n) is 8.40. The maximum atomic E-state index is 9.12. The van der Waals surface area contributed by atoms with E-state index < -0.39 is 0 Å². The number of aliphatic hydroxyl groups excluding tert-OH is 1. The van der Waals surface area contributed by atoms with E-state index in [2.05, 4.69) is 22.4 Å². The van der Waals surface area contributed by atoms with Gasteiger partial charge in [0.25, 0.3) is 0 Å². The van der Waals surface area contributed by atoms with Gasteiger partial charge in [0.2, 0.25) is 0 Å². The molecule has 2 rings (SSSR count). The molecule has 1 aliphatic rings. The van der Waals surface area contributed by atoms with Gasteiger partial charge in [-0.2, -0.15) is 5.10 Å². The predicted octanol–water partition coefficient (Wildman–Crippen LogP) is 0.831. The monoisotopic (exact) mass is 195 g/mol. The Balaban J connectivity index is 1.71. The number of aromatic nitrogens is 2. The van der Waals surface area contributed by atoms with Crippen molar-refractivity contribution in [2.24, 2.45) is 5.92 Å². The molecule has 0 bridgehead atoms. The first-order valence-corrected chi connectivity index (χ1v) is 5.16. The molecule has 0 saturated heterocycles. The minimum atomic E-state index is -0.0516. The van der Waals surface area contributed by atoms with Crippen LogP contribution in [0.25, 0.3) is 0 Å². The van der Waals surface area contributed by atoms with Crippen LogP contribution in [0.3, 0.4) is 0 Å². The molecule has 1 aromatic rings. The number of aliphatic hydroxyl groups is 1. The maximum Gasteiger partial charge on any atom is 0.0546 e. The third-order valence-corrected chi connectivity index (χ3v) is 2.91. The van der Waals surface area contributed by atoms with Crippen molar-refractivity contribution in [3.05, 3.63) is 18.0 Å². The lowest BCUT2D eigenvalue weighted by atomic mass is 9.82. The molecule has 1 fully saturated rings. The molecular weight excluding hydrogens is 178 g/mol. The van der Waals surface area contributed by atoms with Crippen molar-refractivity contribution >= 4 is 0 Å². The van der Waals surface area contributed by atoms with Crippen molar-refractivity contribution in [3.63, 3.8) is 0 Å². The molecule has 4 nitrogen and oxygen atoms in total. The SMILES string of the molecule is CC(NCC1CC(O)C1)c1ccn[nH]1. The standard InChI is InChI=1S/C10H17N3O/c1-7(10-2-3-12-13-10)11-6-8-4-9(14)5-8/h2-3,7-9,11,14H,4-6H2,1H3,(H,12,13). The quantitative estimate of drug-likeness (QED) is 0.667. The van der Waals surface area contributed by atoms with E-state index in [-0.39, 0.29) is 6.10 Å². The molecule has 0 radical (unpaired) electrons. The van der Waals surface area contributed by atoms with E-state index in [0.717, 1.165) is 25.1 Å². The van der Waals surface area contributed by atoms with E-state index in [1.807, 2.05) is 6.07 Å². The highest BCUT2D eigenvalue weighted by Crippen LogP contribution is 2.26. The number of H-pyrrole nitrogens is 1. The van der Waals surface area contributed by atoms with E-state index in [4.69, 9.17) is 5.11 Å². The van der Waals surface area contributed by atoms with E-state index in [1.165, 1.54) is 0 Å². The average Bonchev–Trinajstić information content (AvgIpc) is 2.62. The minimum absolute atomic E-state index is 0.0516. The lowest BCUT2D eigenvalue weighted by molar-refractivity contribution is 0.0420. The zero-order chi connectivity index (χ0) is 9.97. The van der Waals surface area contributed by atoms with E-state index in [0.29, 0.717) is 12.0 Å². The van der Waals surface area contributed by atoms with Crippen LogP contribution in [-0.2, 0) is 0 Å². The molecule has 0 spiro atoms. The molecule has 0 aliphatic heterocycles. The third-order valence-electron chi connectivity index (χ3n) is 2.91. The second-order valence-electron chi connectivity index (χ2n) is 4.13. The highest BCUT2D eigenvalue weighted by Gasteiger charge is 2.26. The summed E-state index contributed by atoms with van der Waals surface area (Å²) in [4.78, 5) is 0. The summed E-state index contributed by atoms with van der Waals surface area (Å²) in [5.41, 5.74) is 1.12. The molecule has 1 aromatic heterocycles. The van der Waals surface area contributed by atoms with Gasteiger partial charge in [0.15, 0.2) is 0 Å². The van der Waals surface area contributed by atoms with Gasteiger partial charge in [-0.3, -0.25) is 5.10 Å². The highest BCUT2D eigenvalue weighted by atomic mass is 16.3. The number of rotatable bonds is 4. The normalized spacial score (nSPS) is 28.4. The lowest BCUT2D eigenvalue weighted by Gasteiger charge is -2.32. The molecule has 1 atom stereocenters. The molecule has 1 heterocycles. The fourth-order valence-electron chi connectivity index (χ4n) is 1.83. The van der Waals surface area contributed by atoms with Gasteiger partial charge >= 0.3 is 0 Å². The van der Waals surface area contributed by atoms with E-state index in [9.17, 15) is 0 Å². The third kappa shape index (κ3) is 2.13. The number of hydrogen-bond donors (Lipinski definition) is 3. The summed E-state index contributed by atoms with van der Waals surface area (Å²) in [6, 6.07) is 2.29. The van der Waals surface area contributed by atoms with Gasteiger partial charge in [-0.1, -0.05) is 0 Å². The summed E-state index contributed by atoms with van der Waals surface area (Å²) in [7, 11) is 0. The Labute approximate surface area is 83.7 Å². The Morgan fingerprint density at radius 3 is 3.07 bits per heavy atom. The topological polar surface area (TPSA) is 60.9 Å². The van der Waals surface area contributed by atoms with Gasteiger partial charge < -0.3 is 10.4 Å². The summed E-state index contributed by atoms with van der Waals surface area (Å²) in [5, 5.41) is 19.4. The summed E-state index contributed by atoms with van der Waals surface area (Å²) >= 11 is 0.